The molecule has 2 aromatic rings. The van der Waals surface area contributed by atoms with Gasteiger partial charge in [0, 0.05) is 12.6 Å². The van der Waals surface area contributed by atoms with Gasteiger partial charge < -0.3 is 15.4 Å². The summed E-state index contributed by atoms with van der Waals surface area (Å²) in [5.74, 6) is -1.67. The largest absolute Gasteiger partial charge is 0.454 e. The van der Waals surface area contributed by atoms with Crippen LogP contribution >= 0.6 is 0 Å². The van der Waals surface area contributed by atoms with Crippen LogP contribution in [0.4, 0.5) is 5.69 Å². The summed E-state index contributed by atoms with van der Waals surface area (Å²) in [6.07, 6.45) is 2.71. The number of sulfonamides is 1. The minimum absolute atomic E-state index is 0.108. The van der Waals surface area contributed by atoms with E-state index in [9.17, 15) is 22.8 Å². The summed E-state index contributed by atoms with van der Waals surface area (Å²) in [6, 6.07) is 12.2. The number of amides is 2. The Morgan fingerprint density at radius 1 is 1.03 bits per heavy atom. The van der Waals surface area contributed by atoms with E-state index in [2.05, 4.69) is 10.6 Å². The van der Waals surface area contributed by atoms with Crippen LogP contribution in [0, 0.1) is 6.92 Å². The average Bonchev–Trinajstić information content (AvgIpc) is 3.48. The third-order valence-corrected chi connectivity index (χ3v) is 7.73. The maximum atomic E-state index is 13.0. The van der Waals surface area contributed by atoms with Gasteiger partial charge in [0.15, 0.2) is 6.61 Å². The lowest BCUT2D eigenvalue weighted by Gasteiger charge is -2.22. The van der Waals surface area contributed by atoms with Crippen molar-refractivity contribution in [1.29, 1.82) is 0 Å². The Morgan fingerprint density at radius 3 is 2.44 bits per heavy atom. The molecule has 2 aromatic carbocycles. The SMILES string of the molecule is Cc1ccc(S(=O)(=O)N2CCCC2C(=O)OCC(=O)Nc2ccccc2C(=O)NC2CC2)cc1. The molecular formula is C24H27N3O6S. The minimum Gasteiger partial charge on any atom is -0.454 e. The van der Waals surface area contributed by atoms with Gasteiger partial charge in [-0.15, -0.1) is 0 Å². The molecule has 1 unspecified atom stereocenters. The molecule has 2 aliphatic rings. The van der Waals surface area contributed by atoms with Gasteiger partial charge >= 0.3 is 5.97 Å². The molecule has 180 valence electrons. The van der Waals surface area contributed by atoms with Crippen LogP contribution in [-0.2, 0) is 24.3 Å². The number of hydrogen-bond donors (Lipinski definition) is 2. The molecule has 4 rings (SSSR count). The molecule has 0 radical (unpaired) electrons. The predicted molar refractivity (Wildman–Crippen MR) is 125 cm³/mol. The minimum atomic E-state index is -3.87. The number of hydrogen-bond acceptors (Lipinski definition) is 6. The fraction of sp³-hybridized carbons (Fsp3) is 0.375. The van der Waals surface area contributed by atoms with Gasteiger partial charge in [-0.25, -0.2) is 8.42 Å². The molecule has 0 spiro atoms. The number of carbonyl (C=O) groups excluding carboxylic acids is 3. The summed E-state index contributed by atoms with van der Waals surface area (Å²) in [6.45, 7) is 1.47. The number of para-hydroxylation sites is 1. The van der Waals surface area contributed by atoms with Crippen LogP contribution in [0.2, 0.25) is 0 Å². The maximum Gasteiger partial charge on any atom is 0.324 e. The Bertz CT molecular complexity index is 1190. The van der Waals surface area contributed by atoms with Gasteiger partial charge in [-0.1, -0.05) is 29.8 Å². The van der Waals surface area contributed by atoms with E-state index in [4.69, 9.17) is 4.74 Å². The van der Waals surface area contributed by atoms with Gasteiger partial charge in [-0.3, -0.25) is 14.4 Å². The molecule has 1 heterocycles. The first kappa shape index (κ1) is 23.9. The maximum absolute atomic E-state index is 13.0. The molecule has 0 bridgehead atoms. The van der Waals surface area contributed by atoms with Crippen LogP contribution in [0.15, 0.2) is 53.4 Å². The molecular weight excluding hydrogens is 458 g/mol. The Hall–Kier alpha value is -3.24. The van der Waals surface area contributed by atoms with Crippen LogP contribution in [0.3, 0.4) is 0 Å². The summed E-state index contributed by atoms with van der Waals surface area (Å²) in [7, 11) is -3.87. The summed E-state index contributed by atoms with van der Waals surface area (Å²) in [5, 5.41) is 5.46. The van der Waals surface area contributed by atoms with Gasteiger partial charge in [0.1, 0.15) is 6.04 Å². The van der Waals surface area contributed by atoms with Crippen LogP contribution in [0.5, 0.6) is 0 Å². The van der Waals surface area contributed by atoms with Crippen LogP contribution < -0.4 is 10.6 Å². The number of benzene rings is 2. The molecule has 34 heavy (non-hydrogen) atoms. The lowest BCUT2D eigenvalue weighted by atomic mass is 10.1. The van der Waals surface area contributed by atoms with E-state index in [1.54, 1.807) is 36.4 Å². The van der Waals surface area contributed by atoms with Crippen LogP contribution in [0.1, 0.15) is 41.6 Å². The highest BCUT2D eigenvalue weighted by Crippen LogP contribution is 2.27. The lowest BCUT2D eigenvalue weighted by molar-refractivity contribution is -0.150. The first-order valence-electron chi connectivity index (χ1n) is 11.2. The number of anilines is 1. The molecule has 2 amide bonds. The standard InChI is InChI=1S/C24H27N3O6S/c1-16-8-12-18(13-9-16)34(31,32)27-14-4-7-21(27)24(30)33-15-22(28)26-20-6-3-2-5-19(20)23(29)25-17-10-11-17/h2-3,5-6,8-9,12-13,17,21H,4,7,10-11,14-15H2,1H3,(H,25,29)(H,26,28). The van der Waals surface area contributed by atoms with E-state index in [0.29, 0.717) is 24.1 Å². The number of aryl methyl sites for hydroxylation is 1. The van der Waals surface area contributed by atoms with Gasteiger partial charge in [-0.05, 0) is 56.9 Å². The second-order valence-electron chi connectivity index (χ2n) is 8.54. The molecule has 2 N–H and O–H groups in total. The van der Waals surface area contributed by atoms with Crippen molar-refractivity contribution in [3.8, 4) is 0 Å². The second kappa shape index (κ2) is 9.94. The van der Waals surface area contributed by atoms with Crippen molar-refractivity contribution >= 4 is 33.5 Å². The number of ether oxygens (including phenoxy) is 1. The predicted octanol–water partition coefficient (Wildman–Crippen LogP) is 2.22. The first-order chi connectivity index (χ1) is 16.3. The molecule has 9 nitrogen and oxygen atoms in total. The zero-order chi connectivity index (χ0) is 24.3. The van der Waals surface area contributed by atoms with E-state index in [-0.39, 0.29) is 23.4 Å². The summed E-state index contributed by atoms with van der Waals surface area (Å²) < 4.78 is 32.3. The van der Waals surface area contributed by atoms with Crippen molar-refractivity contribution in [2.75, 3.05) is 18.5 Å². The number of carbonyl (C=O) groups is 3. The summed E-state index contributed by atoms with van der Waals surface area (Å²) in [4.78, 5) is 37.6. The van der Waals surface area contributed by atoms with E-state index < -0.39 is 34.5 Å². The number of esters is 1. The van der Waals surface area contributed by atoms with E-state index in [1.165, 1.54) is 12.1 Å². The number of rotatable bonds is 8. The number of nitrogens with zero attached hydrogens (tertiary/aromatic N) is 1. The Labute approximate surface area is 198 Å². The quantitative estimate of drug-likeness (QED) is 0.553. The van der Waals surface area contributed by atoms with Crippen molar-refractivity contribution in [2.45, 2.75) is 49.6 Å². The monoisotopic (exact) mass is 485 g/mol. The topological polar surface area (TPSA) is 122 Å². The van der Waals surface area contributed by atoms with Crippen molar-refractivity contribution in [3.63, 3.8) is 0 Å². The summed E-state index contributed by atoms with van der Waals surface area (Å²) in [5.41, 5.74) is 1.56. The third-order valence-electron chi connectivity index (χ3n) is 5.81. The van der Waals surface area contributed by atoms with Gasteiger partial charge in [0.2, 0.25) is 10.0 Å². The molecule has 1 aliphatic carbocycles. The van der Waals surface area contributed by atoms with Gasteiger partial charge in [-0.2, -0.15) is 4.31 Å². The molecule has 1 saturated heterocycles. The Morgan fingerprint density at radius 2 is 1.74 bits per heavy atom. The Kier molecular flexibility index (Phi) is 6.99. The highest BCUT2D eigenvalue weighted by atomic mass is 32.2. The van der Waals surface area contributed by atoms with E-state index in [0.717, 1.165) is 22.7 Å². The molecule has 1 saturated carbocycles. The van der Waals surface area contributed by atoms with E-state index in [1.807, 2.05) is 6.92 Å². The molecule has 2 fully saturated rings. The molecule has 1 atom stereocenters. The van der Waals surface area contributed by atoms with Crippen LogP contribution in [0.25, 0.3) is 0 Å². The van der Waals surface area contributed by atoms with Crippen LogP contribution in [-0.4, -0.2) is 55.7 Å². The van der Waals surface area contributed by atoms with E-state index >= 15 is 0 Å². The fourth-order valence-corrected chi connectivity index (χ4v) is 5.46. The highest BCUT2D eigenvalue weighted by Gasteiger charge is 2.40. The molecule has 10 heteroatoms. The Balaban J connectivity index is 1.36. The molecule has 1 aliphatic heterocycles. The normalized spacial score (nSPS) is 18.3. The third kappa shape index (κ3) is 5.45. The number of nitrogens with one attached hydrogen (secondary N) is 2. The highest BCUT2D eigenvalue weighted by molar-refractivity contribution is 7.89. The first-order valence-corrected chi connectivity index (χ1v) is 12.6. The second-order valence-corrected chi connectivity index (χ2v) is 10.4. The van der Waals surface area contributed by atoms with Crippen molar-refractivity contribution < 1.29 is 27.5 Å². The van der Waals surface area contributed by atoms with Crippen molar-refractivity contribution in [3.05, 3.63) is 59.7 Å². The average molecular weight is 486 g/mol. The fourth-order valence-electron chi connectivity index (χ4n) is 3.81. The summed E-state index contributed by atoms with van der Waals surface area (Å²) >= 11 is 0. The van der Waals surface area contributed by atoms with Gasteiger partial charge in [0.25, 0.3) is 11.8 Å². The zero-order valence-corrected chi connectivity index (χ0v) is 19.6. The van der Waals surface area contributed by atoms with Crippen molar-refractivity contribution in [2.24, 2.45) is 0 Å². The van der Waals surface area contributed by atoms with Gasteiger partial charge in [0.05, 0.1) is 16.1 Å². The molecule has 0 aromatic heterocycles. The lowest BCUT2D eigenvalue weighted by Crippen LogP contribution is -2.42. The zero-order valence-electron chi connectivity index (χ0n) is 18.8. The smallest absolute Gasteiger partial charge is 0.324 e. The van der Waals surface area contributed by atoms with Crippen molar-refractivity contribution in [1.82, 2.24) is 9.62 Å².